The maximum atomic E-state index is 12.1. The molecule has 0 saturated carbocycles. The van der Waals surface area contributed by atoms with Crippen LogP contribution in [0.1, 0.15) is 38.3 Å². The van der Waals surface area contributed by atoms with Crippen LogP contribution in [0.25, 0.3) is 12.2 Å². The summed E-state index contributed by atoms with van der Waals surface area (Å²) in [5.41, 5.74) is 1.26. The molecule has 0 aliphatic carbocycles. The standard InChI is InChI=1S/C20H24N2O2/c1-4-13-22-19(23)20(2,3)24-18-9-7-16(8-10-18)5-6-17-11-14-21-15-12-17/h5-12,14-15H,4,13H2,1-3H3,(H,22,23)/b6-5+. The molecule has 4 nitrogen and oxygen atoms in total. The van der Waals surface area contributed by atoms with Crippen LogP contribution in [-0.4, -0.2) is 23.0 Å². The minimum atomic E-state index is -0.899. The lowest BCUT2D eigenvalue weighted by Crippen LogP contribution is -2.46. The van der Waals surface area contributed by atoms with Crippen molar-refractivity contribution < 1.29 is 9.53 Å². The highest BCUT2D eigenvalue weighted by Crippen LogP contribution is 2.20. The van der Waals surface area contributed by atoms with Gasteiger partial charge in [-0.25, -0.2) is 0 Å². The number of ether oxygens (including phenoxy) is 1. The maximum Gasteiger partial charge on any atom is 0.263 e. The summed E-state index contributed by atoms with van der Waals surface area (Å²) in [6.45, 7) is 6.22. The third-order valence-corrected chi connectivity index (χ3v) is 3.51. The van der Waals surface area contributed by atoms with Gasteiger partial charge in [-0.05, 0) is 55.7 Å². The van der Waals surface area contributed by atoms with E-state index in [1.54, 1.807) is 26.2 Å². The molecule has 0 unspecified atom stereocenters. The summed E-state index contributed by atoms with van der Waals surface area (Å²) in [4.78, 5) is 16.1. The van der Waals surface area contributed by atoms with Gasteiger partial charge in [0.15, 0.2) is 5.60 Å². The van der Waals surface area contributed by atoms with Gasteiger partial charge in [-0.3, -0.25) is 9.78 Å². The van der Waals surface area contributed by atoms with Crippen molar-refractivity contribution in [1.82, 2.24) is 10.3 Å². The Labute approximate surface area is 143 Å². The molecule has 1 aromatic heterocycles. The van der Waals surface area contributed by atoms with Gasteiger partial charge in [0, 0.05) is 18.9 Å². The van der Waals surface area contributed by atoms with E-state index in [0.717, 1.165) is 17.5 Å². The van der Waals surface area contributed by atoms with Crippen LogP contribution in [0.5, 0.6) is 5.75 Å². The van der Waals surface area contributed by atoms with E-state index in [0.29, 0.717) is 12.3 Å². The normalized spacial score (nSPS) is 11.5. The number of rotatable bonds is 7. The van der Waals surface area contributed by atoms with Gasteiger partial charge >= 0.3 is 0 Å². The van der Waals surface area contributed by atoms with Crippen molar-refractivity contribution in [2.45, 2.75) is 32.8 Å². The van der Waals surface area contributed by atoms with Gasteiger partial charge in [0.2, 0.25) is 0 Å². The Morgan fingerprint density at radius 3 is 2.25 bits per heavy atom. The summed E-state index contributed by atoms with van der Waals surface area (Å²) in [7, 11) is 0. The zero-order chi connectivity index (χ0) is 17.4. The summed E-state index contributed by atoms with van der Waals surface area (Å²) in [6.07, 6.45) is 8.49. The SMILES string of the molecule is CCCNC(=O)C(C)(C)Oc1ccc(/C=C/c2ccncc2)cc1. The second-order valence-corrected chi connectivity index (χ2v) is 6.05. The number of nitrogens with one attached hydrogen (secondary N) is 1. The van der Waals surface area contributed by atoms with Gasteiger partial charge in [-0.15, -0.1) is 0 Å². The molecule has 24 heavy (non-hydrogen) atoms. The number of benzene rings is 1. The summed E-state index contributed by atoms with van der Waals surface area (Å²) >= 11 is 0. The van der Waals surface area contributed by atoms with Crippen LogP contribution in [0.15, 0.2) is 48.8 Å². The Morgan fingerprint density at radius 2 is 1.67 bits per heavy atom. The fraction of sp³-hybridized carbons (Fsp3) is 0.300. The van der Waals surface area contributed by atoms with E-state index in [9.17, 15) is 4.79 Å². The molecule has 0 atom stereocenters. The predicted molar refractivity (Wildman–Crippen MR) is 97.6 cm³/mol. The number of pyridine rings is 1. The van der Waals surface area contributed by atoms with Gasteiger partial charge in [-0.1, -0.05) is 31.2 Å². The maximum absolute atomic E-state index is 12.1. The van der Waals surface area contributed by atoms with Crippen molar-refractivity contribution in [3.63, 3.8) is 0 Å². The molecular formula is C20H24N2O2. The zero-order valence-electron chi connectivity index (χ0n) is 14.5. The zero-order valence-corrected chi connectivity index (χ0v) is 14.5. The van der Waals surface area contributed by atoms with Crippen molar-refractivity contribution in [2.75, 3.05) is 6.54 Å². The molecule has 1 N–H and O–H groups in total. The summed E-state index contributed by atoms with van der Waals surface area (Å²) in [5.74, 6) is 0.568. The van der Waals surface area contributed by atoms with E-state index in [4.69, 9.17) is 4.74 Å². The van der Waals surface area contributed by atoms with Crippen LogP contribution < -0.4 is 10.1 Å². The van der Waals surface area contributed by atoms with Crippen molar-refractivity contribution in [3.8, 4) is 5.75 Å². The van der Waals surface area contributed by atoms with Gasteiger partial charge in [0.1, 0.15) is 5.75 Å². The van der Waals surface area contributed by atoms with E-state index in [1.165, 1.54) is 0 Å². The third kappa shape index (κ3) is 5.23. The van der Waals surface area contributed by atoms with Crippen molar-refractivity contribution >= 4 is 18.1 Å². The number of amides is 1. The van der Waals surface area contributed by atoms with Crippen molar-refractivity contribution in [1.29, 1.82) is 0 Å². The molecule has 1 aromatic carbocycles. The average Bonchev–Trinajstić information content (AvgIpc) is 2.59. The van der Waals surface area contributed by atoms with Crippen LogP contribution in [0.4, 0.5) is 0 Å². The highest BCUT2D eigenvalue weighted by molar-refractivity contribution is 5.84. The number of hydrogen-bond donors (Lipinski definition) is 1. The Morgan fingerprint density at radius 1 is 1.08 bits per heavy atom. The minimum Gasteiger partial charge on any atom is -0.478 e. The molecule has 0 saturated heterocycles. The van der Waals surface area contributed by atoms with E-state index in [1.807, 2.05) is 55.5 Å². The van der Waals surface area contributed by atoms with Gasteiger partial charge in [0.25, 0.3) is 5.91 Å². The molecule has 1 amide bonds. The number of hydrogen-bond acceptors (Lipinski definition) is 3. The van der Waals surface area contributed by atoms with Gasteiger partial charge < -0.3 is 10.1 Å². The fourth-order valence-electron chi connectivity index (χ4n) is 2.11. The second kappa shape index (κ2) is 8.29. The van der Waals surface area contributed by atoms with E-state index >= 15 is 0 Å². The van der Waals surface area contributed by atoms with Crippen molar-refractivity contribution in [2.24, 2.45) is 0 Å². The molecule has 0 radical (unpaired) electrons. The molecule has 0 spiro atoms. The number of nitrogens with zero attached hydrogens (tertiary/aromatic N) is 1. The van der Waals surface area contributed by atoms with Crippen molar-refractivity contribution in [3.05, 3.63) is 59.9 Å². The Hall–Kier alpha value is -2.62. The molecule has 126 valence electrons. The molecule has 0 aliphatic heterocycles. The average molecular weight is 324 g/mol. The molecular weight excluding hydrogens is 300 g/mol. The Balaban J connectivity index is 1.99. The molecule has 0 aliphatic rings. The molecule has 2 aromatic rings. The van der Waals surface area contributed by atoms with Crippen LogP contribution in [0, 0.1) is 0 Å². The van der Waals surface area contributed by atoms with Gasteiger partial charge in [0.05, 0.1) is 0 Å². The third-order valence-electron chi connectivity index (χ3n) is 3.51. The lowest BCUT2D eigenvalue weighted by atomic mass is 10.1. The quantitative estimate of drug-likeness (QED) is 0.839. The first-order chi connectivity index (χ1) is 11.5. The number of aromatic nitrogens is 1. The van der Waals surface area contributed by atoms with Crippen LogP contribution >= 0.6 is 0 Å². The first-order valence-corrected chi connectivity index (χ1v) is 8.17. The lowest BCUT2D eigenvalue weighted by Gasteiger charge is -2.25. The highest BCUT2D eigenvalue weighted by Gasteiger charge is 2.29. The lowest BCUT2D eigenvalue weighted by molar-refractivity contribution is -0.134. The largest absolute Gasteiger partial charge is 0.478 e. The van der Waals surface area contributed by atoms with E-state index in [2.05, 4.69) is 10.3 Å². The summed E-state index contributed by atoms with van der Waals surface area (Å²) in [6, 6.07) is 11.6. The highest BCUT2D eigenvalue weighted by atomic mass is 16.5. The first kappa shape index (κ1) is 17.7. The van der Waals surface area contributed by atoms with Crippen LogP contribution in [0.2, 0.25) is 0 Å². The van der Waals surface area contributed by atoms with E-state index in [-0.39, 0.29) is 5.91 Å². The monoisotopic (exact) mass is 324 g/mol. The minimum absolute atomic E-state index is 0.106. The fourth-order valence-corrected chi connectivity index (χ4v) is 2.11. The second-order valence-electron chi connectivity index (χ2n) is 6.05. The molecule has 2 rings (SSSR count). The van der Waals surface area contributed by atoms with Crippen LogP contribution in [0.3, 0.4) is 0 Å². The summed E-state index contributed by atoms with van der Waals surface area (Å²) in [5, 5.41) is 2.86. The molecule has 0 fully saturated rings. The summed E-state index contributed by atoms with van der Waals surface area (Å²) < 4.78 is 5.83. The topological polar surface area (TPSA) is 51.2 Å². The number of carbonyl (C=O) groups excluding carboxylic acids is 1. The smallest absolute Gasteiger partial charge is 0.263 e. The molecule has 4 heteroatoms. The molecule has 0 bridgehead atoms. The first-order valence-electron chi connectivity index (χ1n) is 8.17. The Kier molecular flexibility index (Phi) is 6.13. The predicted octanol–water partition coefficient (Wildman–Crippen LogP) is 3.94. The number of carbonyl (C=O) groups is 1. The van der Waals surface area contributed by atoms with E-state index < -0.39 is 5.60 Å². The Bertz CT molecular complexity index is 677. The van der Waals surface area contributed by atoms with Crippen LogP contribution in [-0.2, 0) is 4.79 Å². The molecule has 1 heterocycles. The van der Waals surface area contributed by atoms with Gasteiger partial charge in [-0.2, -0.15) is 0 Å².